The van der Waals surface area contributed by atoms with Crippen molar-refractivity contribution in [3.8, 4) is 39.8 Å². The monoisotopic (exact) mass is 551 g/mol. The summed E-state index contributed by atoms with van der Waals surface area (Å²) in [6.07, 6.45) is 0. The molecule has 3 aromatic heterocycles. The first-order valence-electron chi connectivity index (χ1n) is 14.3. The zero-order valence-corrected chi connectivity index (χ0v) is 22.8. The van der Waals surface area contributed by atoms with Gasteiger partial charge in [0.1, 0.15) is 22.7 Å². The van der Waals surface area contributed by atoms with E-state index in [4.69, 9.17) is 19.1 Å². The predicted octanol–water partition coefficient (Wildman–Crippen LogP) is 10.1. The summed E-state index contributed by atoms with van der Waals surface area (Å²) in [6.45, 7) is 0. The molecule has 0 N–H and O–H groups in total. The lowest BCUT2D eigenvalue weighted by Crippen LogP contribution is -2.06. The number of fused-ring (bicyclic) bond motifs is 8. The van der Waals surface area contributed by atoms with Gasteiger partial charge in [-0.3, -0.25) is 4.57 Å². The number of hydrogen-bond acceptors (Lipinski definition) is 4. The molecule has 0 saturated carbocycles. The normalized spacial score (nSPS) is 12.4. The molecule has 0 bridgehead atoms. The van der Waals surface area contributed by atoms with Crippen LogP contribution in [-0.2, 0) is 0 Å². The molecule has 200 valence electrons. The van der Waals surface area contributed by atoms with Crippen LogP contribution < -0.4 is 4.74 Å². The highest BCUT2D eigenvalue weighted by molar-refractivity contribution is 6.11. The second kappa shape index (κ2) is 8.30. The van der Waals surface area contributed by atoms with Gasteiger partial charge in [0.25, 0.3) is 0 Å². The van der Waals surface area contributed by atoms with Crippen LogP contribution in [0.5, 0.6) is 11.5 Å². The predicted molar refractivity (Wildman–Crippen MR) is 172 cm³/mol. The molecule has 10 rings (SSSR count). The molecule has 1 aliphatic heterocycles. The van der Waals surface area contributed by atoms with Crippen molar-refractivity contribution in [1.29, 1.82) is 0 Å². The van der Waals surface area contributed by atoms with E-state index in [1.165, 1.54) is 0 Å². The fraction of sp³-hybridized carbons (Fsp3) is 0. The number of furan rings is 1. The summed E-state index contributed by atoms with van der Waals surface area (Å²) in [5.41, 5.74) is 8.94. The summed E-state index contributed by atoms with van der Waals surface area (Å²) in [4.78, 5) is 10.3. The van der Waals surface area contributed by atoms with Crippen molar-refractivity contribution in [2.24, 2.45) is 0 Å². The van der Waals surface area contributed by atoms with Crippen LogP contribution in [0.25, 0.3) is 83.0 Å². The molecule has 0 saturated heterocycles. The van der Waals surface area contributed by atoms with E-state index < -0.39 is 0 Å². The Hall–Kier alpha value is -5.94. The van der Waals surface area contributed by atoms with Gasteiger partial charge in [0, 0.05) is 27.1 Å². The van der Waals surface area contributed by atoms with E-state index in [1.54, 1.807) is 0 Å². The molecule has 9 aromatic rings. The van der Waals surface area contributed by atoms with Crippen LogP contribution in [0.4, 0.5) is 0 Å². The van der Waals surface area contributed by atoms with Crippen molar-refractivity contribution in [3.63, 3.8) is 0 Å². The number of nitrogens with zero attached hydrogens (tertiary/aromatic N) is 3. The highest BCUT2D eigenvalue weighted by Crippen LogP contribution is 2.45. The minimum Gasteiger partial charge on any atom is -0.456 e. The van der Waals surface area contributed by atoms with E-state index in [2.05, 4.69) is 83.4 Å². The molecule has 43 heavy (non-hydrogen) atoms. The second-order valence-electron chi connectivity index (χ2n) is 11.0. The number of aromatic nitrogens is 3. The number of benzene rings is 6. The molecule has 6 aromatic carbocycles. The Bertz CT molecular complexity index is 2610. The van der Waals surface area contributed by atoms with Crippen molar-refractivity contribution in [2.75, 3.05) is 0 Å². The maximum Gasteiger partial charge on any atom is 0.235 e. The summed E-state index contributed by atoms with van der Waals surface area (Å²) in [7, 11) is 0. The summed E-state index contributed by atoms with van der Waals surface area (Å²) >= 11 is 0. The average molecular weight is 552 g/mol. The Morgan fingerprint density at radius 2 is 1.23 bits per heavy atom. The van der Waals surface area contributed by atoms with Gasteiger partial charge in [0.15, 0.2) is 0 Å². The van der Waals surface area contributed by atoms with Crippen LogP contribution in [0, 0.1) is 0 Å². The number of ether oxygens (including phenoxy) is 1. The topological polar surface area (TPSA) is 53.1 Å². The molecule has 0 amide bonds. The van der Waals surface area contributed by atoms with Crippen LogP contribution in [0.15, 0.2) is 132 Å². The van der Waals surface area contributed by atoms with E-state index in [0.29, 0.717) is 5.95 Å². The van der Waals surface area contributed by atoms with E-state index in [-0.39, 0.29) is 0 Å². The number of para-hydroxylation sites is 3. The highest BCUT2D eigenvalue weighted by Gasteiger charge is 2.24. The highest BCUT2D eigenvalue weighted by atomic mass is 16.5. The SMILES string of the molecule is c1ccc2c(c1)Oc1cccc3nc(-n4c5ccccc5c5cc(-c6ccc7oc8ccccc8c7c6)ccc54)nc-2c13. The number of rotatable bonds is 2. The molecule has 0 unspecified atom stereocenters. The Balaban J connectivity index is 1.22. The smallest absolute Gasteiger partial charge is 0.235 e. The third-order valence-corrected chi connectivity index (χ3v) is 8.62. The van der Waals surface area contributed by atoms with Crippen LogP contribution >= 0.6 is 0 Å². The second-order valence-corrected chi connectivity index (χ2v) is 11.0. The summed E-state index contributed by atoms with van der Waals surface area (Å²) in [5.74, 6) is 2.23. The van der Waals surface area contributed by atoms with Crippen LogP contribution in [0.2, 0.25) is 0 Å². The lowest BCUT2D eigenvalue weighted by molar-refractivity contribution is 0.486. The third kappa shape index (κ3) is 3.16. The molecular weight excluding hydrogens is 530 g/mol. The molecule has 1 aliphatic rings. The fourth-order valence-corrected chi connectivity index (χ4v) is 6.66. The van der Waals surface area contributed by atoms with Crippen LogP contribution in [0.3, 0.4) is 0 Å². The Morgan fingerprint density at radius 1 is 0.512 bits per heavy atom. The van der Waals surface area contributed by atoms with E-state index in [1.807, 2.05) is 48.5 Å². The third-order valence-electron chi connectivity index (χ3n) is 8.62. The molecule has 0 spiro atoms. The Labute approximate surface area is 245 Å². The standard InChI is InChI=1S/C38H21N3O2/c1-4-12-30-24(8-1)27-20-22(23-17-19-34-28(21-23)25-9-2-5-13-32(25)42-34)16-18-31(27)41(30)38-39-29-11-7-15-35-36(29)37(40-38)26-10-3-6-14-33(26)43-35/h1-21H. The zero-order valence-electron chi connectivity index (χ0n) is 22.8. The number of hydrogen-bond donors (Lipinski definition) is 0. The van der Waals surface area contributed by atoms with Gasteiger partial charge in [0.2, 0.25) is 5.95 Å². The van der Waals surface area contributed by atoms with Crippen LogP contribution in [-0.4, -0.2) is 14.5 Å². The molecule has 0 aliphatic carbocycles. The molecule has 0 atom stereocenters. The van der Waals surface area contributed by atoms with E-state index in [0.717, 1.165) is 88.5 Å². The lowest BCUT2D eigenvalue weighted by Gasteiger charge is -2.20. The van der Waals surface area contributed by atoms with Gasteiger partial charge in [-0.1, -0.05) is 66.7 Å². The average Bonchev–Trinajstić information content (AvgIpc) is 3.60. The maximum atomic E-state index is 6.23. The van der Waals surface area contributed by atoms with E-state index >= 15 is 0 Å². The van der Waals surface area contributed by atoms with Gasteiger partial charge in [-0.15, -0.1) is 0 Å². The summed E-state index contributed by atoms with van der Waals surface area (Å²) in [5, 5.41) is 5.50. The largest absolute Gasteiger partial charge is 0.456 e. The molecule has 0 radical (unpaired) electrons. The first kappa shape index (κ1) is 22.7. The first-order chi connectivity index (χ1) is 21.3. The van der Waals surface area contributed by atoms with Crippen molar-refractivity contribution >= 4 is 54.6 Å². The molecule has 5 heteroatoms. The quantitative estimate of drug-likeness (QED) is 0.214. The summed E-state index contributed by atoms with van der Waals surface area (Å²) in [6, 6.07) is 43.9. The minimum atomic E-state index is 0.640. The van der Waals surface area contributed by atoms with Gasteiger partial charge < -0.3 is 9.15 Å². The zero-order chi connectivity index (χ0) is 28.1. The van der Waals surface area contributed by atoms with Crippen molar-refractivity contribution in [3.05, 3.63) is 127 Å². The lowest BCUT2D eigenvalue weighted by atomic mass is 10.0. The maximum absolute atomic E-state index is 6.23. The van der Waals surface area contributed by atoms with Gasteiger partial charge in [0.05, 0.1) is 27.6 Å². The van der Waals surface area contributed by atoms with Crippen LogP contribution in [0.1, 0.15) is 0 Å². The molecular formula is C38H21N3O2. The Kier molecular flexibility index (Phi) is 4.39. The molecule has 4 heterocycles. The minimum absolute atomic E-state index is 0.640. The molecule has 5 nitrogen and oxygen atoms in total. The fourth-order valence-electron chi connectivity index (χ4n) is 6.66. The van der Waals surface area contributed by atoms with Gasteiger partial charge >= 0.3 is 0 Å². The first-order valence-corrected chi connectivity index (χ1v) is 14.3. The van der Waals surface area contributed by atoms with Gasteiger partial charge in [-0.25, -0.2) is 9.97 Å². The molecule has 0 fully saturated rings. The summed E-state index contributed by atoms with van der Waals surface area (Å²) < 4.78 is 14.5. The van der Waals surface area contributed by atoms with Crippen molar-refractivity contribution in [1.82, 2.24) is 14.5 Å². The van der Waals surface area contributed by atoms with Crippen molar-refractivity contribution in [2.45, 2.75) is 0 Å². The van der Waals surface area contributed by atoms with Gasteiger partial charge in [-0.05, 0) is 71.8 Å². The van der Waals surface area contributed by atoms with Gasteiger partial charge in [-0.2, -0.15) is 0 Å². The van der Waals surface area contributed by atoms with Crippen molar-refractivity contribution < 1.29 is 9.15 Å². The Morgan fingerprint density at radius 3 is 2.19 bits per heavy atom. The van der Waals surface area contributed by atoms with E-state index in [9.17, 15) is 0 Å².